The van der Waals surface area contributed by atoms with Crippen LogP contribution in [0.3, 0.4) is 0 Å². The highest BCUT2D eigenvalue weighted by Crippen LogP contribution is 2.28. The number of imidazole rings is 1. The van der Waals surface area contributed by atoms with Gasteiger partial charge < -0.3 is 9.47 Å². The van der Waals surface area contributed by atoms with Crippen molar-refractivity contribution in [2.24, 2.45) is 0 Å². The minimum Gasteiger partial charge on any atom is -0.334 e. The fraction of sp³-hybridized carbons (Fsp3) is 0.750. The second kappa shape index (κ2) is 6.63. The molecule has 2 heterocycles. The van der Waals surface area contributed by atoms with E-state index in [0.29, 0.717) is 6.42 Å². The molecule has 2 aliphatic rings. The van der Waals surface area contributed by atoms with Gasteiger partial charge in [-0.2, -0.15) is 0 Å². The van der Waals surface area contributed by atoms with Crippen LogP contribution < -0.4 is 0 Å². The molecule has 0 N–H and O–H groups in total. The lowest BCUT2D eigenvalue weighted by Crippen LogP contribution is -2.49. The fourth-order valence-corrected chi connectivity index (χ4v) is 5.57. The summed E-state index contributed by atoms with van der Waals surface area (Å²) in [4.78, 5) is 19.0. The van der Waals surface area contributed by atoms with E-state index < -0.39 is 9.84 Å². The van der Waals surface area contributed by atoms with Gasteiger partial charge in [0.2, 0.25) is 5.91 Å². The van der Waals surface area contributed by atoms with Crippen molar-refractivity contribution in [2.75, 3.05) is 11.5 Å². The van der Waals surface area contributed by atoms with Gasteiger partial charge in [-0.15, -0.1) is 0 Å². The molecule has 6 nitrogen and oxygen atoms in total. The van der Waals surface area contributed by atoms with E-state index >= 15 is 0 Å². The van der Waals surface area contributed by atoms with Gasteiger partial charge in [0.05, 0.1) is 11.5 Å². The van der Waals surface area contributed by atoms with Crippen LogP contribution in [0.15, 0.2) is 12.4 Å². The van der Waals surface area contributed by atoms with E-state index in [-0.39, 0.29) is 36.0 Å². The molecular weight excluding hydrogens is 314 g/mol. The second-order valence-corrected chi connectivity index (χ2v) is 8.98. The Morgan fingerprint density at radius 3 is 2.57 bits per heavy atom. The molecule has 1 saturated carbocycles. The van der Waals surface area contributed by atoms with E-state index in [2.05, 4.69) is 4.98 Å². The SMILES string of the molecule is Cc1nccn1CC(=O)N(C1CCCCC1)C1CCS(=O)(=O)C1. The first-order chi connectivity index (χ1) is 11.0. The van der Waals surface area contributed by atoms with Gasteiger partial charge in [0, 0.05) is 24.5 Å². The Morgan fingerprint density at radius 2 is 2.00 bits per heavy atom. The smallest absolute Gasteiger partial charge is 0.243 e. The molecule has 23 heavy (non-hydrogen) atoms. The van der Waals surface area contributed by atoms with Crippen molar-refractivity contribution in [3.05, 3.63) is 18.2 Å². The van der Waals surface area contributed by atoms with Crippen molar-refractivity contribution < 1.29 is 13.2 Å². The molecule has 1 unspecified atom stereocenters. The zero-order valence-electron chi connectivity index (χ0n) is 13.6. The number of sulfone groups is 1. The number of carbonyl (C=O) groups is 1. The van der Waals surface area contributed by atoms with Crippen molar-refractivity contribution in [1.29, 1.82) is 0 Å². The average Bonchev–Trinajstić information content (AvgIpc) is 3.07. The second-order valence-electron chi connectivity index (χ2n) is 6.75. The lowest BCUT2D eigenvalue weighted by molar-refractivity contribution is -0.137. The number of rotatable bonds is 4. The predicted molar refractivity (Wildman–Crippen MR) is 87.7 cm³/mol. The van der Waals surface area contributed by atoms with Crippen LogP contribution in [0.5, 0.6) is 0 Å². The highest BCUT2D eigenvalue weighted by Gasteiger charge is 2.38. The third kappa shape index (κ3) is 3.76. The molecule has 3 rings (SSSR count). The van der Waals surface area contributed by atoms with Crippen molar-refractivity contribution in [3.8, 4) is 0 Å². The molecule has 0 radical (unpaired) electrons. The predicted octanol–water partition coefficient (Wildman–Crippen LogP) is 1.54. The van der Waals surface area contributed by atoms with E-state index in [1.165, 1.54) is 6.42 Å². The van der Waals surface area contributed by atoms with Crippen LogP contribution in [0, 0.1) is 6.92 Å². The average molecular weight is 339 g/mol. The summed E-state index contributed by atoms with van der Waals surface area (Å²) in [5.41, 5.74) is 0. The van der Waals surface area contributed by atoms with Crippen LogP contribution in [0.1, 0.15) is 44.3 Å². The van der Waals surface area contributed by atoms with E-state index in [1.807, 2.05) is 16.4 Å². The van der Waals surface area contributed by atoms with Crippen molar-refractivity contribution in [3.63, 3.8) is 0 Å². The summed E-state index contributed by atoms with van der Waals surface area (Å²) >= 11 is 0. The zero-order valence-corrected chi connectivity index (χ0v) is 14.5. The molecule has 1 aromatic heterocycles. The number of hydrogen-bond donors (Lipinski definition) is 0. The summed E-state index contributed by atoms with van der Waals surface area (Å²) < 4.78 is 25.6. The molecular formula is C16H25N3O3S. The molecule has 1 atom stereocenters. The largest absolute Gasteiger partial charge is 0.334 e. The molecule has 0 aromatic carbocycles. The molecule has 1 aliphatic heterocycles. The molecule has 1 saturated heterocycles. The van der Waals surface area contributed by atoms with Gasteiger partial charge in [0.1, 0.15) is 12.4 Å². The van der Waals surface area contributed by atoms with Gasteiger partial charge in [-0.05, 0) is 26.2 Å². The molecule has 7 heteroatoms. The van der Waals surface area contributed by atoms with Gasteiger partial charge in [-0.25, -0.2) is 13.4 Å². The zero-order chi connectivity index (χ0) is 16.4. The maximum Gasteiger partial charge on any atom is 0.243 e. The standard InChI is InChI=1S/C16H25N3O3S/c1-13-17-8-9-18(13)11-16(20)19(14-5-3-2-4-6-14)15-7-10-23(21,22)12-15/h8-9,14-15H,2-7,10-12H2,1H3. The van der Waals surface area contributed by atoms with E-state index in [4.69, 9.17) is 0 Å². The third-order valence-corrected chi connectivity index (χ3v) is 6.84. The van der Waals surface area contributed by atoms with Crippen LogP contribution in [-0.2, 0) is 21.2 Å². The number of amides is 1. The number of hydrogen-bond acceptors (Lipinski definition) is 4. The van der Waals surface area contributed by atoms with Crippen LogP contribution in [0.2, 0.25) is 0 Å². The van der Waals surface area contributed by atoms with E-state index in [0.717, 1.165) is 31.5 Å². The topological polar surface area (TPSA) is 72.3 Å². The molecule has 1 amide bonds. The highest BCUT2D eigenvalue weighted by molar-refractivity contribution is 7.91. The Kier molecular flexibility index (Phi) is 4.75. The summed E-state index contributed by atoms with van der Waals surface area (Å²) in [6.07, 6.45) is 9.51. The quantitative estimate of drug-likeness (QED) is 0.834. The summed E-state index contributed by atoms with van der Waals surface area (Å²) in [6.45, 7) is 2.12. The Bertz CT molecular complexity index is 662. The van der Waals surface area contributed by atoms with Gasteiger partial charge in [-0.3, -0.25) is 4.79 Å². The lowest BCUT2D eigenvalue weighted by atomic mass is 9.93. The van der Waals surface area contributed by atoms with Crippen molar-refractivity contribution >= 4 is 15.7 Å². The Labute approximate surface area is 137 Å². The molecule has 1 aliphatic carbocycles. The Balaban J connectivity index is 1.79. The third-order valence-electron chi connectivity index (χ3n) is 5.09. The highest BCUT2D eigenvalue weighted by atomic mass is 32.2. The van der Waals surface area contributed by atoms with Gasteiger partial charge in [0.15, 0.2) is 9.84 Å². The monoisotopic (exact) mass is 339 g/mol. The number of nitrogens with zero attached hydrogens (tertiary/aromatic N) is 3. The molecule has 2 fully saturated rings. The lowest BCUT2D eigenvalue weighted by Gasteiger charge is -2.38. The van der Waals surface area contributed by atoms with E-state index in [1.54, 1.807) is 12.4 Å². The number of aromatic nitrogens is 2. The normalized spacial score (nSPS) is 24.7. The maximum absolute atomic E-state index is 12.9. The van der Waals surface area contributed by atoms with Crippen LogP contribution in [0.4, 0.5) is 0 Å². The van der Waals surface area contributed by atoms with Crippen molar-refractivity contribution in [2.45, 2.75) is 64.1 Å². The molecule has 0 bridgehead atoms. The molecule has 0 spiro atoms. The summed E-state index contributed by atoms with van der Waals surface area (Å²) in [5, 5.41) is 0. The van der Waals surface area contributed by atoms with Gasteiger partial charge in [-0.1, -0.05) is 19.3 Å². The van der Waals surface area contributed by atoms with Gasteiger partial charge in [0.25, 0.3) is 0 Å². The van der Waals surface area contributed by atoms with Crippen LogP contribution in [0.25, 0.3) is 0 Å². The Hall–Kier alpha value is -1.37. The first-order valence-corrected chi connectivity index (χ1v) is 10.3. The maximum atomic E-state index is 12.9. The van der Waals surface area contributed by atoms with Crippen LogP contribution >= 0.6 is 0 Å². The number of carbonyl (C=O) groups excluding carboxylic acids is 1. The van der Waals surface area contributed by atoms with E-state index in [9.17, 15) is 13.2 Å². The minimum atomic E-state index is -3.00. The molecule has 1 aromatic rings. The van der Waals surface area contributed by atoms with Gasteiger partial charge >= 0.3 is 0 Å². The minimum absolute atomic E-state index is 0.0279. The summed E-state index contributed by atoms with van der Waals surface area (Å²) in [6, 6.07) is 0.0396. The molecule has 128 valence electrons. The summed E-state index contributed by atoms with van der Waals surface area (Å²) in [5.74, 6) is 1.16. The first kappa shape index (κ1) is 16.5. The van der Waals surface area contributed by atoms with Crippen molar-refractivity contribution in [1.82, 2.24) is 14.5 Å². The first-order valence-electron chi connectivity index (χ1n) is 8.45. The van der Waals surface area contributed by atoms with Crippen LogP contribution in [-0.4, -0.2) is 52.4 Å². The fourth-order valence-electron chi connectivity index (χ4n) is 3.86. The number of aryl methyl sites for hydroxylation is 1. The Morgan fingerprint density at radius 1 is 1.26 bits per heavy atom. The summed E-state index contributed by atoms with van der Waals surface area (Å²) in [7, 11) is -3.00.